The Kier molecular flexibility index (Phi) is 19.2. The molecule has 0 aromatic carbocycles. The quantitative estimate of drug-likeness (QED) is 0.102. The monoisotopic (exact) mass is 441 g/mol. The van der Waals surface area contributed by atoms with E-state index in [1.165, 1.54) is 57.8 Å². The molecular formula is C21H39NaO6P. The number of allylic oxidation sites excluding steroid dienone is 2. The number of esters is 1. The van der Waals surface area contributed by atoms with Crippen molar-refractivity contribution in [1.82, 2.24) is 0 Å². The summed E-state index contributed by atoms with van der Waals surface area (Å²) in [5.41, 5.74) is 0. The Morgan fingerprint density at radius 2 is 1.55 bits per heavy atom. The maximum Gasteiger partial charge on any atom is 0.472 e. The third-order valence-electron chi connectivity index (χ3n) is 4.78. The zero-order chi connectivity index (χ0) is 20.5. The largest absolute Gasteiger partial charge is 0.472 e. The van der Waals surface area contributed by atoms with E-state index in [1.54, 1.807) is 0 Å². The first-order valence-electron chi connectivity index (χ1n) is 11.0. The number of phosphoric ester groups is 1. The number of hydrogen-bond donors (Lipinski definition) is 1. The molecule has 1 heterocycles. The maximum absolute atomic E-state index is 11.6. The van der Waals surface area contributed by atoms with Crippen molar-refractivity contribution in [3.05, 3.63) is 12.2 Å². The first-order chi connectivity index (χ1) is 13.5. The van der Waals surface area contributed by atoms with Crippen LogP contribution in [-0.4, -0.2) is 59.7 Å². The molecule has 1 N–H and O–H groups in total. The third kappa shape index (κ3) is 17.7. The van der Waals surface area contributed by atoms with E-state index < -0.39 is 13.9 Å². The Morgan fingerprint density at radius 3 is 2.10 bits per heavy atom. The molecule has 1 fully saturated rings. The molecular weight excluding hydrogens is 402 g/mol. The molecule has 6 nitrogen and oxygen atoms in total. The van der Waals surface area contributed by atoms with E-state index in [-0.39, 0.29) is 48.7 Å². The van der Waals surface area contributed by atoms with Crippen LogP contribution in [0, 0.1) is 0 Å². The van der Waals surface area contributed by atoms with Gasteiger partial charge in [0.1, 0.15) is 12.7 Å². The van der Waals surface area contributed by atoms with Gasteiger partial charge in [-0.15, -0.1) is 0 Å². The second kappa shape index (κ2) is 19.0. The number of ether oxygens (including phenoxy) is 1. The van der Waals surface area contributed by atoms with Gasteiger partial charge in [-0.25, -0.2) is 4.57 Å². The van der Waals surface area contributed by atoms with Crippen LogP contribution in [0.1, 0.15) is 96.8 Å². The van der Waals surface area contributed by atoms with Crippen molar-refractivity contribution in [3.63, 3.8) is 0 Å². The molecule has 165 valence electrons. The molecule has 1 aliphatic rings. The van der Waals surface area contributed by atoms with Crippen molar-refractivity contribution in [1.29, 1.82) is 0 Å². The summed E-state index contributed by atoms with van der Waals surface area (Å²) >= 11 is 0. The molecule has 0 spiro atoms. The average molecular weight is 442 g/mol. The van der Waals surface area contributed by atoms with E-state index in [9.17, 15) is 9.36 Å². The van der Waals surface area contributed by atoms with E-state index in [1.807, 2.05) is 0 Å². The van der Waals surface area contributed by atoms with Crippen LogP contribution >= 0.6 is 7.82 Å². The Labute approximate surface area is 199 Å². The van der Waals surface area contributed by atoms with Gasteiger partial charge in [-0.2, -0.15) is 0 Å². The van der Waals surface area contributed by atoms with E-state index in [4.69, 9.17) is 14.2 Å². The zero-order valence-corrected chi connectivity index (χ0v) is 21.4. The Bertz CT molecular complexity index is 486. The van der Waals surface area contributed by atoms with E-state index in [2.05, 4.69) is 23.6 Å². The Balaban J connectivity index is 0.00000784. The fraction of sp³-hybridized carbons (Fsp3) is 0.857. The van der Waals surface area contributed by atoms with Gasteiger partial charge in [0.05, 0.1) is 6.61 Å². The van der Waals surface area contributed by atoms with E-state index in [0.717, 1.165) is 25.7 Å². The number of carbonyl (C=O) groups excluding carboxylic acids is 1. The molecule has 1 saturated heterocycles. The molecule has 0 aliphatic carbocycles. The molecule has 0 aromatic heterocycles. The third-order valence-corrected chi connectivity index (χ3v) is 5.82. The van der Waals surface area contributed by atoms with Gasteiger partial charge in [0.15, 0.2) is 0 Å². The number of hydrogen-bond acceptors (Lipinski definition) is 5. The first kappa shape index (κ1) is 29.3. The molecule has 0 bridgehead atoms. The summed E-state index contributed by atoms with van der Waals surface area (Å²) in [5, 5.41) is 0. The van der Waals surface area contributed by atoms with Crippen LogP contribution in [0.25, 0.3) is 0 Å². The van der Waals surface area contributed by atoms with Crippen LogP contribution in [0.3, 0.4) is 0 Å². The summed E-state index contributed by atoms with van der Waals surface area (Å²) in [5.74, 6) is -0.291. The van der Waals surface area contributed by atoms with Gasteiger partial charge < -0.3 is 9.63 Å². The Morgan fingerprint density at radius 1 is 1.00 bits per heavy atom. The van der Waals surface area contributed by atoms with Crippen molar-refractivity contribution in [2.75, 3.05) is 13.2 Å². The molecule has 0 aromatic rings. The minimum atomic E-state index is -3.91. The van der Waals surface area contributed by atoms with Crippen molar-refractivity contribution in [3.8, 4) is 0 Å². The van der Waals surface area contributed by atoms with Gasteiger partial charge in [0, 0.05) is 36.0 Å². The molecule has 29 heavy (non-hydrogen) atoms. The fourth-order valence-corrected chi connectivity index (χ4v) is 4.02. The zero-order valence-electron chi connectivity index (χ0n) is 18.5. The molecule has 1 unspecified atom stereocenters. The summed E-state index contributed by atoms with van der Waals surface area (Å²) < 4.78 is 25.4. The standard InChI is InChI=1S/C21H39O6P.Na/c1-2-3-4-5-6-7-8-9-10-11-12-13-14-15-16-17-21(22)25-18-20-19-26-28(23,24)27-20;/h9-10,20H,2-8,11-19H2,1H3,(H,23,24);/b10-9-;/t20-;/m1./s1. The summed E-state index contributed by atoms with van der Waals surface area (Å²) in [7, 11) is -3.91. The van der Waals surface area contributed by atoms with Crippen LogP contribution in [0.2, 0.25) is 0 Å². The first-order valence-corrected chi connectivity index (χ1v) is 12.5. The van der Waals surface area contributed by atoms with E-state index in [0.29, 0.717) is 6.42 Å². The van der Waals surface area contributed by atoms with Crippen molar-refractivity contribution in [2.45, 2.75) is 103 Å². The smallest absolute Gasteiger partial charge is 0.463 e. The van der Waals surface area contributed by atoms with Crippen molar-refractivity contribution in [2.24, 2.45) is 0 Å². The fourth-order valence-electron chi connectivity index (χ4n) is 3.10. The predicted octanol–water partition coefficient (Wildman–Crippen LogP) is 5.70. The normalized spacial score (nSPS) is 21.4. The minimum absolute atomic E-state index is 0. The van der Waals surface area contributed by atoms with E-state index >= 15 is 0 Å². The Hall–Kier alpha value is 0.320. The van der Waals surface area contributed by atoms with Crippen LogP contribution in [0.5, 0.6) is 0 Å². The molecule has 1 aliphatic heterocycles. The molecule has 0 amide bonds. The van der Waals surface area contributed by atoms with Crippen molar-refractivity contribution >= 4 is 43.3 Å². The maximum atomic E-state index is 11.6. The molecule has 1 radical (unpaired) electrons. The SMILES string of the molecule is CCCCCCCC/C=C\CCCCCCCC(=O)OC[C@@H]1COP(=O)(O)O1.[Na]. The molecule has 1 rings (SSSR count). The number of unbranched alkanes of at least 4 members (excludes halogenated alkanes) is 11. The number of rotatable bonds is 17. The average Bonchev–Trinajstić information content (AvgIpc) is 3.02. The van der Waals surface area contributed by atoms with Gasteiger partial charge in [0.2, 0.25) is 0 Å². The number of phosphoric acid groups is 1. The van der Waals surface area contributed by atoms with Crippen LogP contribution < -0.4 is 0 Å². The minimum Gasteiger partial charge on any atom is -0.463 e. The summed E-state index contributed by atoms with van der Waals surface area (Å²) in [6.45, 7) is 2.20. The van der Waals surface area contributed by atoms with Crippen LogP contribution in [0.4, 0.5) is 0 Å². The topological polar surface area (TPSA) is 82.1 Å². The van der Waals surface area contributed by atoms with Gasteiger partial charge in [-0.3, -0.25) is 13.8 Å². The van der Waals surface area contributed by atoms with Gasteiger partial charge in [0.25, 0.3) is 0 Å². The van der Waals surface area contributed by atoms with Gasteiger partial charge in [-0.05, 0) is 32.1 Å². The van der Waals surface area contributed by atoms with Gasteiger partial charge in [-0.1, -0.05) is 70.4 Å². The molecule has 0 saturated carbocycles. The second-order valence-corrected chi connectivity index (χ2v) is 8.92. The van der Waals surface area contributed by atoms with Crippen LogP contribution in [-0.2, 0) is 23.1 Å². The molecule has 8 heteroatoms. The summed E-state index contributed by atoms with van der Waals surface area (Å²) in [6, 6.07) is 0. The summed E-state index contributed by atoms with van der Waals surface area (Å²) in [6.07, 6.45) is 20.2. The molecule has 2 atom stereocenters. The number of carbonyl (C=O) groups is 1. The second-order valence-electron chi connectivity index (χ2n) is 7.51. The van der Waals surface area contributed by atoms with Crippen molar-refractivity contribution < 1.29 is 28.0 Å². The van der Waals surface area contributed by atoms with Gasteiger partial charge >= 0.3 is 13.8 Å². The predicted molar refractivity (Wildman–Crippen MR) is 117 cm³/mol. The van der Waals surface area contributed by atoms with Crippen LogP contribution in [0.15, 0.2) is 12.2 Å². The summed E-state index contributed by atoms with van der Waals surface area (Å²) in [4.78, 5) is 20.7.